The van der Waals surface area contributed by atoms with Crippen LogP contribution >= 0.6 is 0 Å². The predicted octanol–water partition coefficient (Wildman–Crippen LogP) is -0.520. The van der Waals surface area contributed by atoms with E-state index in [-0.39, 0.29) is 31.2 Å². The molecular formula is C11H24N2O3. The van der Waals surface area contributed by atoms with Crippen LogP contribution < -0.4 is 10.6 Å². The van der Waals surface area contributed by atoms with Gasteiger partial charge in [-0.2, -0.15) is 0 Å². The van der Waals surface area contributed by atoms with Gasteiger partial charge in [-0.25, -0.2) is 0 Å². The Kier molecular flexibility index (Phi) is 6.55. The molecule has 1 atom stereocenters. The van der Waals surface area contributed by atoms with E-state index in [1.165, 1.54) is 0 Å². The quantitative estimate of drug-likeness (QED) is 0.476. The van der Waals surface area contributed by atoms with Gasteiger partial charge in [0, 0.05) is 18.0 Å². The molecule has 0 heterocycles. The normalized spacial score (nSPS) is 13.9. The zero-order valence-electron chi connectivity index (χ0n) is 10.6. The van der Waals surface area contributed by atoms with Crippen LogP contribution in [0.15, 0.2) is 0 Å². The third kappa shape index (κ3) is 5.44. The van der Waals surface area contributed by atoms with Crippen LogP contribution in [0.1, 0.15) is 27.7 Å². The minimum absolute atomic E-state index is 0.0757. The minimum Gasteiger partial charge on any atom is -0.396 e. The third-order valence-corrected chi connectivity index (χ3v) is 2.42. The molecule has 0 saturated carbocycles. The summed E-state index contributed by atoms with van der Waals surface area (Å²) in [5.41, 5.74) is -0.591. The third-order valence-electron chi connectivity index (χ3n) is 2.42. The van der Waals surface area contributed by atoms with E-state index in [0.29, 0.717) is 6.54 Å². The highest BCUT2D eigenvalue weighted by atomic mass is 16.3. The maximum absolute atomic E-state index is 11.5. The van der Waals surface area contributed by atoms with Crippen LogP contribution in [0.25, 0.3) is 0 Å². The average Bonchev–Trinajstić information content (AvgIpc) is 2.24. The molecule has 0 spiro atoms. The lowest BCUT2D eigenvalue weighted by molar-refractivity contribution is -0.123. The summed E-state index contributed by atoms with van der Waals surface area (Å²) in [6.07, 6.45) is 0. The van der Waals surface area contributed by atoms with Crippen molar-refractivity contribution in [2.75, 3.05) is 19.8 Å². The molecule has 0 rings (SSSR count). The van der Waals surface area contributed by atoms with Crippen molar-refractivity contribution in [3.63, 3.8) is 0 Å². The molecule has 5 heteroatoms. The maximum atomic E-state index is 11.5. The summed E-state index contributed by atoms with van der Waals surface area (Å²) < 4.78 is 0. The van der Waals surface area contributed by atoms with Crippen LogP contribution in [-0.2, 0) is 4.79 Å². The Balaban J connectivity index is 4.05. The molecule has 0 fully saturated rings. The zero-order chi connectivity index (χ0) is 12.8. The van der Waals surface area contributed by atoms with Crippen LogP contribution in [0.3, 0.4) is 0 Å². The van der Waals surface area contributed by atoms with Crippen LogP contribution in [0, 0.1) is 5.41 Å². The lowest BCUT2D eigenvalue weighted by Crippen LogP contribution is -2.49. The van der Waals surface area contributed by atoms with E-state index in [0.717, 1.165) is 0 Å². The van der Waals surface area contributed by atoms with Crippen molar-refractivity contribution in [1.29, 1.82) is 0 Å². The van der Waals surface area contributed by atoms with E-state index >= 15 is 0 Å². The number of amides is 1. The second-order valence-electron chi connectivity index (χ2n) is 4.89. The molecule has 0 aliphatic carbocycles. The number of hydrogen-bond acceptors (Lipinski definition) is 4. The van der Waals surface area contributed by atoms with Gasteiger partial charge in [0.2, 0.25) is 5.91 Å². The molecular weight excluding hydrogens is 208 g/mol. The summed E-state index contributed by atoms with van der Waals surface area (Å²) in [6.45, 7) is 7.48. The number of rotatable bonds is 7. The van der Waals surface area contributed by atoms with Gasteiger partial charge in [-0.3, -0.25) is 4.79 Å². The standard InChI is InChI=1S/C11H24N2O3/c1-8(2)13-10(16)9(3)12-5-11(4,6-14)7-15/h8-9,12,14-15H,5-7H2,1-4H3,(H,13,16). The van der Waals surface area contributed by atoms with Gasteiger partial charge in [0.05, 0.1) is 19.3 Å². The van der Waals surface area contributed by atoms with E-state index in [2.05, 4.69) is 10.6 Å². The summed E-state index contributed by atoms with van der Waals surface area (Å²) in [5.74, 6) is -0.0757. The zero-order valence-corrected chi connectivity index (χ0v) is 10.6. The number of carbonyl (C=O) groups excluding carboxylic acids is 1. The van der Waals surface area contributed by atoms with Crippen LogP contribution in [0.2, 0.25) is 0 Å². The molecule has 16 heavy (non-hydrogen) atoms. The first-order valence-electron chi connectivity index (χ1n) is 5.60. The lowest BCUT2D eigenvalue weighted by Gasteiger charge is -2.27. The van der Waals surface area contributed by atoms with Crippen molar-refractivity contribution in [2.24, 2.45) is 5.41 Å². The fourth-order valence-electron chi connectivity index (χ4n) is 1.06. The van der Waals surface area contributed by atoms with Crippen molar-refractivity contribution in [1.82, 2.24) is 10.6 Å². The predicted molar refractivity (Wildman–Crippen MR) is 63.0 cm³/mol. The molecule has 5 nitrogen and oxygen atoms in total. The topological polar surface area (TPSA) is 81.6 Å². The van der Waals surface area contributed by atoms with Gasteiger partial charge in [-0.1, -0.05) is 6.92 Å². The fourth-order valence-corrected chi connectivity index (χ4v) is 1.06. The Labute approximate surface area is 97.2 Å². The molecule has 0 bridgehead atoms. The van der Waals surface area contributed by atoms with Crippen molar-refractivity contribution < 1.29 is 15.0 Å². The maximum Gasteiger partial charge on any atom is 0.237 e. The van der Waals surface area contributed by atoms with Gasteiger partial charge >= 0.3 is 0 Å². The molecule has 4 N–H and O–H groups in total. The minimum atomic E-state index is -0.591. The molecule has 0 aliphatic heterocycles. The summed E-state index contributed by atoms with van der Waals surface area (Å²) in [6, 6.07) is -0.223. The monoisotopic (exact) mass is 232 g/mol. The highest BCUT2D eigenvalue weighted by Gasteiger charge is 2.24. The Morgan fingerprint density at radius 3 is 2.12 bits per heavy atom. The molecule has 1 unspecified atom stereocenters. The lowest BCUT2D eigenvalue weighted by atomic mass is 9.93. The molecule has 1 amide bonds. The Bertz CT molecular complexity index is 215. The number of aliphatic hydroxyl groups is 2. The first kappa shape index (κ1) is 15.3. The van der Waals surface area contributed by atoms with Crippen molar-refractivity contribution in [3.05, 3.63) is 0 Å². The second kappa shape index (κ2) is 6.83. The van der Waals surface area contributed by atoms with E-state index < -0.39 is 5.41 Å². The van der Waals surface area contributed by atoms with Gasteiger partial charge in [0.25, 0.3) is 0 Å². The SMILES string of the molecule is CC(C)NC(=O)C(C)NCC(C)(CO)CO. The first-order valence-corrected chi connectivity index (χ1v) is 5.60. The van der Waals surface area contributed by atoms with E-state index in [1.807, 2.05) is 13.8 Å². The van der Waals surface area contributed by atoms with Gasteiger partial charge in [0.1, 0.15) is 0 Å². The van der Waals surface area contributed by atoms with E-state index in [1.54, 1.807) is 13.8 Å². The van der Waals surface area contributed by atoms with Gasteiger partial charge in [-0.05, 0) is 20.8 Å². The van der Waals surface area contributed by atoms with Crippen molar-refractivity contribution in [2.45, 2.75) is 39.8 Å². The largest absolute Gasteiger partial charge is 0.396 e. The highest BCUT2D eigenvalue weighted by Crippen LogP contribution is 2.12. The van der Waals surface area contributed by atoms with Crippen LogP contribution in [0.4, 0.5) is 0 Å². The fraction of sp³-hybridized carbons (Fsp3) is 0.909. The number of aliphatic hydroxyl groups excluding tert-OH is 2. The summed E-state index contributed by atoms with van der Waals surface area (Å²) in [5, 5.41) is 23.9. The molecule has 0 radical (unpaired) electrons. The number of nitrogens with one attached hydrogen (secondary N) is 2. The number of hydrogen-bond donors (Lipinski definition) is 4. The Morgan fingerprint density at radius 2 is 1.75 bits per heavy atom. The summed E-state index contributed by atoms with van der Waals surface area (Å²) in [4.78, 5) is 11.5. The average molecular weight is 232 g/mol. The molecule has 0 aliphatic rings. The summed E-state index contributed by atoms with van der Waals surface area (Å²) in [7, 11) is 0. The van der Waals surface area contributed by atoms with Gasteiger partial charge in [-0.15, -0.1) is 0 Å². The van der Waals surface area contributed by atoms with Gasteiger partial charge < -0.3 is 20.8 Å². The molecule has 0 saturated heterocycles. The molecule has 0 aromatic heterocycles. The molecule has 0 aromatic rings. The Morgan fingerprint density at radius 1 is 1.25 bits per heavy atom. The van der Waals surface area contributed by atoms with E-state index in [9.17, 15) is 4.79 Å². The smallest absolute Gasteiger partial charge is 0.237 e. The molecule has 0 aromatic carbocycles. The highest BCUT2D eigenvalue weighted by molar-refractivity contribution is 5.81. The van der Waals surface area contributed by atoms with E-state index in [4.69, 9.17) is 10.2 Å². The second-order valence-corrected chi connectivity index (χ2v) is 4.89. The van der Waals surface area contributed by atoms with Gasteiger partial charge in [0.15, 0.2) is 0 Å². The number of carbonyl (C=O) groups is 1. The summed E-state index contributed by atoms with van der Waals surface area (Å²) >= 11 is 0. The van der Waals surface area contributed by atoms with Crippen molar-refractivity contribution in [3.8, 4) is 0 Å². The van der Waals surface area contributed by atoms with Crippen molar-refractivity contribution >= 4 is 5.91 Å². The van der Waals surface area contributed by atoms with Crippen LogP contribution in [-0.4, -0.2) is 48.0 Å². The Hall–Kier alpha value is -0.650. The van der Waals surface area contributed by atoms with Crippen LogP contribution in [0.5, 0.6) is 0 Å². The molecule has 96 valence electrons. The first-order chi connectivity index (χ1) is 7.34.